The maximum atomic E-state index is 13.3. The lowest BCUT2D eigenvalue weighted by atomic mass is 9.89. The summed E-state index contributed by atoms with van der Waals surface area (Å²) in [5.41, 5.74) is 2.31. The number of ether oxygens (including phenoxy) is 1. The quantitative estimate of drug-likeness (QED) is 0.533. The van der Waals surface area contributed by atoms with Crippen LogP contribution in [0.2, 0.25) is 0 Å². The predicted molar refractivity (Wildman–Crippen MR) is 126 cm³/mol. The molecule has 6 rings (SSSR count). The molecule has 1 atom stereocenters. The average Bonchev–Trinajstić information content (AvgIpc) is 3.31. The van der Waals surface area contributed by atoms with E-state index in [1.807, 2.05) is 19.1 Å². The van der Waals surface area contributed by atoms with E-state index in [-0.39, 0.29) is 12.5 Å². The Bertz CT molecular complexity index is 1260. The van der Waals surface area contributed by atoms with E-state index in [1.54, 1.807) is 23.0 Å². The van der Waals surface area contributed by atoms with E-state index < -0.39 is 11.2 Å². The molecule has 2 fully saturated rings. The molecular weight excluding hydrogens is 434 g/mol. The molecule has 1 aromatic carbocycles. The largest absolute Gasteiger partial charge is 0.484 e. The number of nitrogens with one attached hydrogen (secondary N) is 1. The normalized spacial score (nSPS) is 23.6. The number of carbonyl (C=O) groups is 1. The van der Waals surface area contributed by atoms with Gasteiger partial charge in [-0.05, 0) is 50.7 Å². The van der Waals surface area contributed by atoms with Crippen molar-refractivity contribution in [2.75, 3.05) is 29.9 Å². The van der Waals surface area contributed by atoms with Gasteiger partial charge in [0.05, 0.1) is 29.8 Å². The van der Waals surface area contributed by atoms with Crippen molar-refractivity contribution in [3.63, 3.8) is 0 Å². The van der Waals surface area contributed by atoms with Gasteiger partial charge in [-0.1, -0.05) is 0 Å². The van der Waals surface area contributed by atoms with Crippen molar-refractivity contribution in [3.8, 4) is 5.75 Å². The number of aliphatic hydroxyl groups is 2. The Labute approximate surface area is 197 Å². The maximum Gasteiger partial charge on any atom is 0.261 e. The fourth-order valence-corrected chi connectivity index (χ4v) is 5.37. The highest BCUT2D eigenvalue weighted by Crippen LogP contribution is 2.48. The highest BCUT2D eigenvalue weighted by Gasteiger charge is 2.48. The number of benzene rings is 1. The molecule has 178 valence electrons. The lowest BCUT2D eigenvalue weighted by molar-refractivity contribution is 0.0446. The molecule has 1 saturated carbocycles. The van der Waals surface area contributed by atoms with Crippen molar-refractivity contribution in [1.29, 1.82) is 0 Å². The van der Waals surface area contributed by atoms with Crippen LogP contribution in [0.1, 0.15) is 48.5 Å². The average molecular weight is 464 g/mol. The first-order valence-corrected chi connectivity index (χ1v) is 11.9. The number of anilines is 2. The Morgan fingerprint density at radius 2 is 2.09 bits per heavy atom. The van der Waals surface area contributed by atoms with Gasteiger partial charge >= 0.3 is 0 Å². The molecule has 0 radical (unpaired) electrons. The second-order valence-electron chi connectivity index (χ2n) is 10.1. The van der Waals surface area contributed by atoms with Gasteiger partial charge in [-0.15, -0.1) is 0 Å². The first kappa shape index (κ1) is 21.4. The molecular formula is C25H29N5O4. The van der Waals surface area contributed by atoms with Crippen molar-refractivity contribution >= 4 is 22.9 Å². The van der Waals surface area contributed by atoms with E-state index in [9.17, 15) is 15.0 Å². The van der Waals surface area contributed by atoms with Gasteiger partial charge < -0.3 is 25.2 Å². The molecule has 0 bridgehead atoms. The van der Waals surface area contributed by atoms with Gasteiger partial charge in [0.15, 0.2) is 5.65 Å². The number of fused-ring (bicyclic) bond motifs is 2. The van der Waals surface area contributed by atoms with Gasteiger partial charge in [0.1, 0.15) is 16.9 Å². The number of nitrogens with zero attached hydrogens (tertiary/aromatic N) is 4. The molecule has 4 heterocycles. The topological polar surface area (TPSA) is 112 Å². The van der Waals surface area contributed by atoms with E-state index in [0.29, 0.717) is 29.2 Å². The van der Waals surface area contributed by atoms with Gasteiger partial charge in [0.25, 0.3) is 5.91 Å². The minimum atomic E-state index is -0.670. The smallest absolute Gasteiger partial charge is 0.261 e. The van der Waals surface area contributed by atoms with Gasteiger partial charge in [0, 0.05) is 43.5 Å². The van der Waals surface area contributed by atoms with Crippen LogP contribution in [0.3, 0.4) is 0 Å². The zero-order valence-electron chi connectivity index (χ0n) is 19.2. The molecule has 0 spiro atoms. The lowest BCUT2D eigenvalue weighted by Gasteiger charge is -2.37. The predicted octanol–water partition coefficient (Wildman–Crippen LogP) is 2.41. The van der Waals surface area contributed by atoms with E-state index in [2.05, 4.69) is 20.3 Å². The minimum absolute atomic E-state index is 0.0866. The molecule has 2 aliphatic heterocycles. The van der Waals surface area contributed by atoms with Crippen molar-refractivity contribution in [2.45, 2.75) is 50.2 Å². The number of aliphatic hydroxyl groups excluding tert-OH is 1. The molecule has 3 aliphatic rings. The molecule has 1 amide bonds. The molecule has 1 saturated heterocycles. The number of carbonyl (C=O) groups excluding carboxylic acids is 1. The molecule has 9 heteroatoms. The van der Waals surface area contributed by atoms with Crippen molar-refractivity contribution in [1.82, 2.24) is 14.6 Å². The third kappa shape index (κ3) is 3.59. The van der Waals surface area contributed by atoms with Crippen LogP contribution >= 0.6 is 0 Å². The maximum absolute atomic E-state index is 13.3. The summed E-state index contributed by atoms with van der Waals surface area (Å²) in [5, 5.41) is 27.7. The number of hydrogen-bond donors (Lipinski definition) is 3. The number of piperidine rings is 1. The summed E-state index contributed by atoms with van der Waals surface area (Å²) in [4.78, 5) is 19.8. The Kier molecular flexibility index (Phi) is 4.82. The molecule has 3 N–H and O–H groups in total. The zero-order chi connectivity index (χ0) is 23.5. The zero-order valence-corrected chi connectivity index (χ0v) is 19.2. The van der Waals surface area contributed by atoms with E-state index >= 15 is 0 Å². The van der Waals surface area contributed by atoms with Crippen molar-refractivity contribution < 1.29 is 19.7 Å². The lowest BCUT2D eigenvalue weighted by Crippen LogP contribution is -2.39. The molecule has 34 heavy (non-hydrogen) atoms. The molecule has 3 aromatic rings. The van der Waals surface area contributed by atoms with Crippen LogP contribution in [0, 0.1) is 5.92 Å². The molecule has 9 nitrogen and oxygen atoms in total. The molecule has 0 unspecified atom stereocenters. The third-order valence-electron chi connectivity index (χ3n) is 7.56. The monoisotopic (exact) mass is 463 g/mol. The van der Waals surface area contributed by atoms with E-state index in [1.165, 1.54) is 6.20 Å². The van der Waals surface area contributed by atoms with Crippen LogP contribution in [-0.2, 0) is 6.42 Å². The SMILES string of the molecule is C[C@]1(CO)Cc2cc(NC(=O)c3cnn4cccnc34)c(N3CCC(C4(O)CC4)CC3)cc2O1. The fourth-order valence-electron chi connectivity index (χ4n) is 5.37. The number of hydrogen-bond acceptors (Lipinski definition) is 7. The second kappa shape index (κ2) is 7.68. The van der Waals surface area contributed by atoms with Crippen LogP contribution in [0.5, 0.6) is 5.75 Å². The summed E-state index contributed by atoms with van der Waals surface area (Å²) >= 11 is 0. The summed E-state index contributed by atoms with van der Waals surface area (Å²) < 4.78 is 7.67. The molecule has 1 aliphatic carbocycles. The van der Waals surface area contributed by atoms with E-state index in [0.717, 1.165) is 55.8 Å². The summed E-state index contributed by atoms with van der Waals surface area (Å²) in [5.74, 6) is 0.793. The van der Waals surface area contributed by atoms with Crippen LogP contribution in [0.4, 0.5) is 11.4 Å². The fraction of sp³-hybridized carbons (Fsp3) is 0.480. The molecule has 2 aromatic heterocycles. The Balaban J connectivity index is 1.32. The van der Waals surface area contributed by atoms with E-state index in [4.69, 9.17) is 4.74 Å². The van der Waals surface area contributed by atoms with Crippen LogP contribution < -0.4 is 15.0 Å². The van der Waals surface area contributed by atoms with Gasteiger partial charge in [-0.2, -0.15) is 5.10 Å². The van der Waals surface area contributed by atoms with Crippen molar-refractivity contribution in [2.24, 2.45) is 5.92 Å². The third-order valence-corrected chi connectivity index (χ3v) is 7.56. The number of aromatic nitrogens is 3. The summed E-state index contributed by atoms with van der Waals surface area (Å²) in [7, 11) is 0. The Morgan fingerprint density at radius 3 is 2.82 bits per heavy atom. The second-order valence-corrected chi connectivity index (χ2v) is 10.1. The Morgan fingerprint density at radius 1 is 1.29 bits per heavy atom. The van der Waals surface area contributed by atoms with Crippen LogP contribution in [0.15, 0.2) is 36.8 Å². The van der Waals surface area contributed by atoms with Crippen LogP contribution in [0.25, 0.3) is 5.65 Å². The first-order chi connectivity index (χ1) is 16.4. The van der Waals surface area contributed by atoms with Crippen LogP contribution in [-0.4, -0.2) is 61.6 Å². The number of amides is 1. The Hall–Kier alpha value is -3.17. The standard InChI is InChI=1S/C25H29N5O4/c1-24(15-31)13-16-11-19(28-23(32)18-14-27-30-8-2-7-26-22(18)30)20(12-21(16)34-24)29-9-3-17(4-10-29)25(33)5-6-25/h2,7-8,11-12,14,17,31,33H,3-6,9-10,13,15H2,1H3,(H,28,32)/t24-/m1/s1. The highest BCUT2D eigenvalue weighted by molar-refractivity contribution is 6.09. The first-order valence-electron chi connectivity index (χ1n) is 11.9. The van der Waals surface area contributed by atoms with Gasteiger partial charge in [0.2, 0.25) is 0 Å². The summed E-state index contributed by atoms with van der Waals surface area (Å²) in [6, 6.07) is 5.70. The summed E-state index contributed by atoms with van der Waals surface area (Å²) in [6.07, 6.45) is 9.11. The minimum Gasteiger partial charge on any atom is -0.484 e. The highest BCUT2D eigenvalue weighted by atomic mass is 16.5. The number of rotatable bonds is 5. The summed E-state index contributed by atoms with van der Waals surface area (Å²) in [6.45, 7) is 3.39. The van der Waals surface area contributed by atoms with Gasteiger partial charge in [-0.3, -0.25) is 4.79 Å². The van der Waals surface area contributed by atoms with Gasteiger partial charge in [-0.25, -0.2) is 9.50 Å². The van der Waals surface area contributed by atoms with Crippen molar-refractivity contribution in [3.05, 3.63) is 47.9 Å².